The number of carbonyl (C=O) groups is 1. The Morgan fingerprint density at radius 2 is 2.12 bits per heavy atom. The minimum atomic E-state index is -0.301. The van der Waals surface area contributed by atoms with Gasteiger partial charge in [-0.3, -0.25) is 4.79 Å². The zero-order valence-corrected chi connectivity index (χ0v) is 15.7. The van der Waals surface area contributed by atoms with Crippen LogP contribution in [0, 0.1) is 23.2 Å². The summed E-state index contributed by atoms with van der Waals surface area (Å²) >= 11 is 0. The number of hydrogen-bond donors (Lipinski definition) is 1. The summed E-state index contributed by atoms with van der Waals surface area (Å²) in [4.78, 5) is 12.5. The Morgan fingerprint density at radius 1 is 1.36 bits per heavy atom. The maximum atomic E-state index is 12.5. The predicted molar refractivity (Wildman–Crippen MR) is 90.9 cm³/mol. The Morgan fingerprint density at radius 3 is 2.84 bits per heavy atom. The Labute approximate surface area is 149 Å². The van der Waals surface area contributed by atoms with Crippen molar-refractivity contribution in [3.05, 3.63) is 0 Å². The molecule has 0 aromatic carbocycles. The third kappa shape index (κ3) is 2.48. The van der Waals surface area contributed by atoms with Gasteiger partial charge in [0.1, 0.15) is 11.7 Å². The molecule has 4 rings (SSSR count). The van der Waals surface area contributed by atoms with Crippen LogP contribution in [-0.2, 0) is 23.7 Å². The van der Waals surface area contributed by atoms with Crippen molar-refractivity contribution in [2.45, 2.75) is 63.6 Å². The fourth-order valence-corrected chi connectivity index (χ4v) is 6.09. The number of epoxide rings is 1. The molecule has 0 bridgehead atoms. The zero-order chi connectivity index (χ0) is 17.8. The molecule has 0 aromatic rings. The smallest absolute Gasteiger partial charge is 0.311 e. The lowest BCUT2D eigenvalue weighted by molar-refractivity contribution is -0.146. The summed E-state index contributed by atoms with van der Waals surface area (Å²) in [6.07, 6.45) is 4.48. The topological polar surface area (TPSA) is 69.3 Å². The normalized spacial score (nSPS) is 47.9. The van der Waals surface area contributed by atoms with Crippen molar-refractivity contribution >= 4 is 5.97 Å². The fraction of sp³-hybridized carbons (Fsp3) is 0.947. The number of fused-ring (bicyclic) bond motifs is 2. The third-order valence-electron chi connectivity index (χ3n) is 7.40. The van der Waals surface area contributed by atoms with E-state index in [9.17, 15) is 4.79 Å². The number of hydrogen-bond acceptors (Lipinski definition) is 6. The molecule has 4 fully saturated rings. The van der Waals surface area contributed by atoms with Gasteiger partial charge in [-0.25, -0.2) is 0 Å². The number of ether oxygens (including phenoxy) is 4. The molecule has 4 aliphatic rings. The molecule has 2 saturated heterocycles. The molecular formula is C19H31NO5. The molecule has 2 heterocycles. The first-order chi connectivity index (χ1) is 12.0. The van der Waals surface area contributed by atoms with Gasteiger partial charge >= 0.3 is 5.97 Å². The van der Waals surface area contributed by atoms with Gasteiger partial charge in [-0.15, -0.1) is 0 Å². The molecule has 6 heteroatoms. The fourth-order valence-electron chi connectivity index (χ4n) is 6.09. The Hall–Kier alpha value is -0.690. The van der Waals surface area contributed by atoms with Crippen LogP contribution in [0.15, 0.2) is 0 Å². The predicted octanol–water partition coefficient (Wildman–Crippen LogP) is 1.72. The van der Waals surface area contributed by atoms with Crippen LogP contribution in [0.3, 0.4) is 0 Å². The van der Waals surface area contributed by atoms with Gasteiger partial charge < -0.3 is 24.3 Å². The summed E-state index contributed by atoms with van der Waals surface area (Å²) in [5, 5.41) is 3.32. The van der Waals surface area contributed by atoms with Gasteiger partial charge in [-0.2, -0.15) is 0 Å². The van der Waals surface area contributed by atoms with E-state index in [2.05, 4.69) is 19.2 Å². The Bertz CT molecular complexity index is 538. The van der Waals surface area contributed by atoms with Gasteiger partial charge in [-0.05, 0) is 25.2 Å². The average molecular weight is 353 g/mol. The summed E-state index contributed by atoms with van der Waals surface area (Å²) in [6, 6.07) is 0. The van der Waals surface area contributed by atoms with Crippen LogP contribution in [-0.4, -0.2) is 57.4 Å². The highest BCUT2D eigenvalue weighted by Gasteiger charge is 2.78. The SMILES string of the molecule is COC(CNC[C@@H]1C(=O)O[C@@H]2C[C@@]3(C)CCC[C@@H](C)[C@@]34O[C@H]4[C@H]12)OC. The largest absolute Gasteiger partial charge is 0.462 e. The Balaban J connectivity index is 1.47. The van der Waals surface area contributed by atoms with Gasteiger partial charge in [0.15, 0.2) is 6.29 Å². The maximum Gasteiger partial charge on any atom is 0.311 e. The Kier molecular flexibility index (Phi) is 4.38. The third-order valence-corrected chi connectivity index (χ3v) is 7.40. The lowest BCUT2D eigenvalue weighted by Crippen LogP contribution is -2.54. The van der Waals surface area contributed by atoms with Crippen molar-refractivity contribution < 1.29 is 23.7 Å². The van der Waals surface area contributed by atoms with Crippen LogP contribution in [0.25, 0.3) is 0 Å². The number of rotatable bonds is 6. The van der Waals surface area contributed by atoms with E-state index >= 15 is 0 Å². The number of carbonyl (C=O) groups excluding carboxylic acids is 1. The highest BCUT2D eigenvalue weighted by molar-refractivity contribution is 5.76. The maximum absolute atomic E-state index is 12.5. The minimum Gasteiger partial charge on any atom is -0.462 e. The number of esters is 1. The molecule has 2 saturated carbocycles. The van der Waals surface area contributed by atoms with Gasteiger partial charge in [0.05, 0.1) is 12.0 Å². The molecule has 2 aliphatic carbocycles. The molecule has 1 N–H and O–H groups in total. The molecule has 0 aromatic heterocycles. The van der Waals surface area contributed by atoms with E-state index in [1.165, 1.54) is 19.3 Å². The lowest BCUT2D eigenvalue weighted by Gasteiger charge is -2.48. The first-order valence-electron chi connectivity index (χ1n) is 9.61. The molecule has 7 atom stereocenters. The minimum absolute atomic E-state index is 0.0101. The van der Waals surface area contributed by atoms with Crippen molar-refractivity contribution in [1.82, 2.24) is 5.32 Å². The van der Waals surface area contributed by atoms with E-state index in [0.717, 1.165) is 6.42 Å². The van der Waals surface area contributed by atoms with Crippen molar-refractivity contribution in [2.24, 2.45) is 23.2 Å². The molecule has 0 amide bonds. The second kappa shape index (κ2) is 6.19. The van der Waals surface area contributed by atoms with E-state index < -0.39 is 0 Å². The second-order valence-corrected chi connectivity index (χ2v) is 8.61. The van der Waals surface area contributed by atoms with E-state index in [1.54, 1.807) is 14.2 Å². The molecule has 25 heavy (non-hydrogen) atoms. The zero-order valence-electron chi connectivity index (χ0n) is 15.7. The van der Waals surface area contributed by atoms with Gasteiger partial charge in [0, 0.05) is 38.6 Å². The first-order valence-corrected chi connectivity index (χ1v) is 9.61. The molecular weight excluding hydrogens is 322 g/mol. The van der Waals surface area contributed by atoms with Crippen molar-refractivity contribution in [3.63, 3.8) is 0 Å². The molecule has 2 aliphatic heterocycles. The highest BCUT2D eigenvalue weighted by Crippen LogP contribution is 2.70. The monoisotopic (exact) mass is 353 g/mol. The molecule has 142 valence electrons. The average Bonchev–Trinajstić information content (AvgIpc) is 3.26. The van der Waals surface area contributed by atoms with Crippen molar-refractivity contribution in [1.29, 1.82) is 0 Å². The van der Waals surface area contributed by atoms with E-state index in [1.807, 2.05) is 0 Å². The molecule has 0 unspecified atom stereocenters. The summed E-state index contributed by atoms with van der Waals surface area (Å²) in [6.45, 7) is 5.81. The van der Waals surface area contributed by atoms with Crippen molar-refractivity contribution in [3.8, 4) is 0 Å². The standard InChI is InChI=1S/C19H31NO5/c1-11-6-5-7-18(2)8-13-15(16-19(11,18)25-16)12(17(21)24-13)9-20-10-14(22-3)23-4/h11-16,20H,5-10H2,1-4H3/t11-,12+,13-,15-,16+,18-,19+/m1/s1. The van der Waals surface area contributed by atoms with Gasteiger partial charge in [0.25, 0.3) is 0 Å². The summed E-state index contributed by atoms with van der Waals surface area (Å²) < 4.78 is 22.6. The van der Waals surface area contributed by atoms with E-state index in [-0.39, 0.29) is 47.3 Å². The molecule has 1 spiro atoms. The van der Waals surface area contributed by atoms with Crippen LogP contribution in [0.4, 0.5) is 0 Å². The van der Waals surface area contributed by atoms with Crippen LogP contribution in [0.5, 0.6) is 0 Å². The number of methoxy groups -OCH3 is 2. The van der Waals surface area contributed by atoms with Crippen LogP contribution >= 0.6 is 0 Å². The van der Waals surface area contributed by atoms with Crippen LogP contribution < -0.4 is 5.32 Å². The highest BCUT2D eigenvalue weighted by atomic mass is 16.7. The summed E-state index contributed by atoms with van der Waals surface area (Å²) in [5.41, 5.74) is 0.122. The van der Waals surface area contributed by atoms with Crippen molar-refractivity contribution in [2.75, 3.05) is 27.3 Å². The molecule has 0 radical (unpaired) electrons. The van der Waals surface area contributed by atoms with Crippen LogP contribution in [0.2, 0.25) is 0 Å². The first kappa shape index (κ1) is 17.7. The quantitative estimate of drug-likeness (QED) is 0.445. The van der Waals surface area contributed by atoms with Gasteiger partial charge in [0.2, 0.25) is 0 Å². The van der Waals surface area contributed by atoms with E-state index in [4.69, 9.17) is 18.9 Å². The summed E-state index contributed by atoms with van der Waals surface area (Å²) in [7, 11) is 3.23. The van der Waals surface area contributed by atoms with Gasteiger partial charge in [-0.1, -0.05) is 20.3 Å². The second-order valence-electron chi connectivity index (χ2n) is 8.61. The van der Waals surface area contributed by atoms with Crippen LogP contribution in [0.1, 0.15) is 39.5 Å². The number of nitrogens with one attached hydrogen (secondary N) is 1. The lowest BCUT2D eigenvalue weighted by atomic mass is 9.53. The van der Waals surface area contributed by atoms with E-state index in [0.29, 0.717) is 19.0 Å². The molecule has 6 nitrogen and oxygen atoms in total. The summed E-state index contributed by atoms with van der Waals surface area (Å²) in [5.74, 6) is 0.530.